The number of fused-ring (bicyclic) bond motifs is 1. The third kappa shape index (κ3) is 2.49. The van der Waals surface area contributed by atoms with Crippen molar-refractivity contribution in [2.75, 3.05) is 26.2 Å². The van der Waals surface area contributed by atoms with Crippen LogP contribution in [-0.4, -0.2) is 43.2 Å². The average molecular weight is 250 g/mol. The van der Waals surface area contributed by atoms with Gasteiger partial charge in [0.1, 0.15) is 17.7 Å². The van der Waals surface area contributed by atoms with Gasteiger partial charge in [-0.05, 0) is 25.1 Å². The number of piperazine rings is 1. The van der Waals surface area contributed by atoms with Crippen LogP contribution in [0.2, 0.25) is 0 Å². The first-order valence-electron chi connectivity index (χ1n) is 6.61. The van der Waals surface area contributed by atoms with E-state index in [-0.39, 0.29) is 11.9 Å². The number of hydrogen-bond donors (Lipinski definition) is 1. The summed E-state index contributed by atoms with van der Waals surface area (Å²) in [6, 6.07) is 5.34. The maximum absolute atomic E-state index is 13.1. The molecule has 1 saturated heterocycles. The number of nitrogens with one attached hydrogen (secondary N) is 1. The molecule has 0 saturated carbocycles. The second kappa shape index (κ2) is 4.86. The number of benzene rings is 1. The minimum absolute atomic E-state index is 0.172. The molecule has 0 radical (unpaired) electrons. The predicted molar refractivity (Wildman–Crippen MR) is 68.4 cm³/mol. The molecule has 18 heavy (non-hydrogen) atoms. The highest BCUT2D eigenvalue weighted by atomic mass is 19.1. The van der Waals surface area contributed by atoms with E-state index >= 15 is 0 Å². The molecule has 1 unspecified atom stereocenters. The van der Waals surface area contributed by atoms with Gasteiger partial charge in [-0.1, -0.05) is 0 Å². The van der Waals surface area contributed by atoms with Crippen LogP contribution in [0.15, 0.2) is 18.2 Å². The largest absolute Gasteiger partial charge is 0.488 e. The Morgan fingerprint density at radius 2 is 2.39 bits per heavy atom. The number of nitrogens with zero attached hydrogens (tertiary/aromatic N) is 1. The lowest BCUT2D eigenvalue weighted by atomic mass is 10.1. The fourth-order valence-corrected chi connectivity index (χ4v) is 2.86. The van der Waals surface area contributed by atoms with Crippen LogP contribution in [0.3, 0.4) is 0 Å². The molecule has 4 heteroatoms. The van der Waals surface area contributed by atoms with Crippen LogP contribution in [0.4, 0.5) is 4.39 Å². The average Bonchev–Trinajstić information content (AvgIpc) is 2.70. The van der Waals surface area contributed by atoms with Crippen molar-refractivity contribution in [3.8, 4) is 5.75 Å². The van der Waals surface area contributed by atoms with E-state index in [0.29, 0.717) is 6.04 Å². The Bertz CT molecular complexity index is 438. The zero-order valence-corrected chi connectivity index (χ0v) is 10.7. The molecule has 1 N–H and O–H groups in total. The molecule has 0 aromatic heterocycles. The van der Waals surface area contributed by atoms with Crippen LogP contribution in [0.5, 0.6) is 5.75 Å². The minimum Gasteiger partial charge on any atom is -0.488 e. The first-order valence-corrected chi connectivity index (χ1v) is 6.61. The van der Waals surface area contributed by atoms with Gasteiger partial charge in [0, 0.05) is 44.2 Å². The predicted octanol–water partition coefficient (Wildman–Crippen LogP) is 1.42. The summed E-state index contributed by atoms with van der Waals surface area (Å²) in [4.78, 5) is 2.42. The van der Waals surface area contributed by atoms with Gasteiger partial charge < -0.3 is 10.1 Å². The summed E-state index contributed by atoms with van der Waals surface area (Å²) >= 11 is 0. The molecule has 1 fully saturated rings. The monoisotopic (exact) mass is 250 g/mol. The Hall–Kier alpha value is -1.13. The van der Waals surface area contributed by atoms with Crippen molar-refractivity contribution < 1.29 is 9.13 Å². The quantitative estimate of drug-likeness (QED) is 0.859. The number of ether oxygens (including phenoxy) is 1. The van der Waals surface area contributed by atoms with Gasteiger partial charge in [0.25, 0.3) is 0 Å². The van der Waals surface area contributed by atoms with Crippen molar-refractivity contribution in [1.29, 1.82) is 0 Å². The van der Waals surface area contributed by atoms with Crippen molar-refractivity contribution in [2.24, 2.45) is 0 Å². The first kappa shape index (κ1) is 11.9. The third-order valence-electron chi connectivity index (χ3n) is 3.68. The summed E-state index contributed by atoms with van der Waals surface area (Å²) in [5.41, 5.74) is 1.00. The molecule has 3 rings (SSSR count). The summed E-state index contributed by atoms with van der Waals surface area (Å²) in [5.74, 6) is 0.679. The Balaban J connectivity index is 1.60. The van der Waals surface area contributed by atoms with Gasteiger partial charge in [-0.15, -0.1) is 0 Å². The molecule has 98 valence electrons. The lowest BCUT2D eigenvalue weighted by Gasteiger charge is -2.33. The Morgan fingerprint density at radius 3 is 3.22 bits per heavy atom. The number of hydrogen-bond acceptors (Lipinski definition) is 3. The number of rotatable bonds is 2. The van der Waals surface area contributed by atoms with Crippen LogP contribution >= 0.6 is 0 Å². The van der Waals surface area contributed by atoms with E-state index in [1.54, 1.807) is 12.1 Å². The second-order valence-electron chi connectivity index (χ2n) is 5.31. The highest BCUT2D eigenvalue weighted by Gasteiger charge is 2.26. The maximum Gasteiger partial charge on any atom is 0.123 e. The van der Waals surface area contributed by atoms with Gasteiger partial charge in [0.2, 0.25) is 0 Å². The van der Waals surface area contributed by atoms with Crippen molar-refractivity contribution in [2.45, 2.75) is 25.5 Å². The molecule has 3 nitrogen and oxygen atoms in total. The van der Waals surface area contributed by atoms with Crippen molar-refractivity contribution >= 4 is 0 Å². The second-order valence-corrected chi connectivity index (χ2v) is 5.31. The zero-order chi connectivity index (χ0) is 12.5. The topological polar surface area (TPSA) is 24.5 Å². The summed E-state index contributed by atoms with van der Waals surface area (Å²) in [5, 5.41) is 3.43. The molecule has 2 atom stereocenters. The molecular weight excluding hydrogens is 231 g/mol. The minimum atomic E-state index is -0.172. The summed E-state index contributed by atoms with van der Waals surface area (Å²) in [6.07, 6.45) is 0.998. The van der Waals surface area contributed by atoms with Crippen LogP contribution < -0.4 is 10.1 Å². The van der Waals surface area contributed by atoms with E-state index in [9.17, 15) is 4.39 Å². The molecule has 2 aliphatic heterocycles. The SMILES string of the molecule is C[C@@H]1CN(CC2Cc3cc(F)ccc3O2)CCN1. The van der Waals surface area contributed by atoms with Crippen LogP contribution in [0, 0.1) is 5.82 Å². The molecule has 0 bridgehead atoms. The number of halogens is 1. The first-order chi connectivity index (χ1) is 8.70. The van der Waals surface area contributed by atoms with Gasteiger partial charge in [-0.3, -0.25) is 4.90 Å². The van der Waals surface area contributed by atoms with E-state index in [1.807, 2.05) is 0 Å². The van der Waals surface area contributed by atoms with Gasteiger partial charge in [-0.25, -0.2) is 4.39 Å². The maximum atomic E-state index is 13.1. The van der Waals surface area contributed by atoms with E-state index in [4.69, 9.17) is 4.74 Å². The fourth-order valence-electron chi connectivity index (χ4n) is 2.86. The van der Waals surface area contributed by atoms with Crippen LogP contribution in [0.25, 0.3) is 0 Å². The van der Waals surface area contributed by atoms with E-state index in [2.05, 4.69) is 17.1 Å². The Labute approximate surface area is 107 Å². The summed E-state index contributed by atoms with van der Waals surface area (Å²) < 4.78 is 19.0. The van der Waals surface area contributed by atoms with Gasteiger partial charge in [-0.2, -0.15) is 0 Å². The lowest BCUT2D eigenvalue weighted by molar-refractivity contribution is 0.126. The van der Waals surface area contributed by atoms with Crippen molar-refractivity contribution in [3.63, 3.8) is 0 Å². The molecule has 2 heterocycles. The Kier molecular flexibility index (Phi) is 3.22. The highest BCUT2D eigenvalue weighted by molar-refractivity contribution is 5.37. The zero-order valence-electron chi connectivity index (χ0n) is 10.7. The Morgan fingerprint density at radius 1 is 1.50 bits per heavy atom. The molecule has 0 spiro atoms. The molecular formula is C14H19FN2O. The third-order valence-corrected chi connectivity index (χ3v) is 3.68. The smallest absolute Gasteiger partial charge is 0.123 e. The van der Waals surface area contributed by atoms with Crippen LogP contribution in [0.1, 0.15) is 12.5 Å². The molecule has 1 aromatic rings. The molecule has 1 aromatic carbocycles. The molecule has 2 aliphatic rings. The highest BCUT2D eigenvalue weighted by Crippen LogP contribution is 2.29. The van der Waals surface area contributed by atoms with Crippen molar-refractivity contribution in [3.05, 3.63) is 29.6 Å². The van der Waals surface area contributed by atoms with Crippen LogP contribution in [-0.2, 0) is 6.42 Å². The molecule has 0 aliphatic carbocycles. The fraction of sp³-hybridized carbons (Fsp3) is 0.571. The van der Waals surface area contributed by atoms with Gasteiger partial charge >= 0.3 is 0 Å². The summed E-state index contributed by atoms with van der Waals surface area (Å²) in [6.45, 7) is 6.29. The molecule has 0 amide bonds. The van der Waals surface area contributed by atoms with Crippen molar-refractivity contribution in [1.82, 2.24) is 10.2 Å². The standard InChI is InChI=1S/C14H19FN2O/c1-10-8-17(5-4-16-10)9-13-7-11-6-12(15)2-3-14(11)18-13/h2-3,6,10,13,16H,4-5,7-9H2,1H3/t10-,13?/m1/s1. The van der Waals surface area contributed by atoms with E-state index in [0.717, 1.165) is 43.9 Å². The van der Waals surface area contributed by atoms with E-state index < -0.39 is 0 Å². The van der Waals surface area contributed by atoms with Gasteiger partial charge in [0.15, 0.2) is 0 Å². The normalized spacial score (nSPS) is 27.9. The summed E-state index contributed by atoms with van der Waals surface area (Å²) in [7, 11) is 0. The lowest BCUT2D eigenvalue weighted by Crippen LogP contribution is -2.51. The van der Waals surface area contributed by atoms with E-state index in [1.165, 1.54) is 6.07 Å². The van der Waals surface area contributed by atoms with Gasteiger partial charge in [0.05, 0.1) is 0 Å².